The van der Waals surface area contributed by atoms with Gasteiger partial charge >= 0.3 is 6.03 Å². The van der Waals surface area contributed by atoms with Gasteiger partial charge in [-0.1, -0.05) is 0 Å². The molecule has 4 nitrogen and oxygen atoms in total. The highest BCUT2D eigenvalue weighted by Crippen LogP contribution is 2.21. The van der Waals surface area contributed by atoms with Crippen LogP contribution in [0, 0.1) is 5.92 Å². The normalized spacial score (nSPS) is 21.9. The van der Waals surface area contributed by atoms with Crippen LogP contribution in [0.3, 0.4) is 0 Å². The first kappa shape index (κ1) is 14.6. The number of hydrogen-bond acceptors (Lipinski definition) is 2. The number of likely N-dealkylation sites (tertiary alicyclic amines) is 2. The highest BCUT2D eigenvalue weighted by Gasteiger charge is 2.26. The summed E-state index contributed by atoms with van der Waals surface area (Å²) in [5, 5.41) is 0. The minimum absolute atomic E-state index is 0.240. The summed E-state index contributed by atoms with van der Waals surface area (Å²) < 4.78 is 0. The molecule has 2 aliphatic rings. The van der Waals surface area contributed by atoms with E-state index in [2.05, 4.69) is 18.7 Å². The summed E-state index contributed by atoms with van der Waals surface area (Å²) in [5.41, 5.74) is 0. The third-order valence-corrected chi connectivity index (χ3v) is 4.63. The third-order valence-electron chi connectivity index (χ3n) is 4.63. The van der Waals surface area contributed by atoms with Crippen LogP contribution in [0.15, 0.2) is 0 Å². The second kappa shape index (κ2) is 7.13. The van der Waals surface area contributed by atoms with Crippen molar-refractivity contribution >= 4 is 6.03 Å². The number of carbonyl (C=O) groups is 1. The van der Waals surface area contributed by atoms with Gasteiger partial charge < -0.3 is 14.7 Å². The zero-order chi connectivity index (χ0) is 13.7. The molecule has 19 heavy (non-hydrogen) atoms. The van der Waals surface area contributed by atoms with Gasteiger partial charge in [0.2, 0.25) is 0 Å². The molecule has 110 valence electrons. The van der Waals surface area contributed by atoms with Crippen LogP contribution in [-0.4, -0.2) is 66.5 Å². The van der Waals surface area contributed by atoms with Crippen molar-refractivity contribution in [1.29, 1.82) is 0 Å². The zero-order valence-electron chi connectivity index (χ0n) is 12.6. The lowest BCUT2D eigenvalue weighted by molar-refractivity contribution is 0.127. The van der Waals surface area contributed by atoms with E-state index < -0.39 is 0 Å². The predicted molar refractivity (Wildman–Crippen MR) is 78.3 cm³/mol. The van der Waals surface area contributed by atoms with E-state index >= 15 is 0 Å². The molecule has 0 spiro atoms. The van der Waals surface area contributed by atoms with Crippen LogP contribution in [0.1, 0.15) is 39.5 Å². The molecule has 0 saturated carbocycles. The van der Waals surface area contributed by atoms with Gasteiger partial charge in [0.05, 0.1) is 0 Å². The second-order valence-electron chi connectivity index (χ2n) is 5.89. The standard InChI is InChI=1S/C15H29N3O/c1-3-17(4-2)15(19)18-11-7-14(8-12-18)13-16-9-5-6-10-16/h14H,3-13H2,1-2H3. The van der Waals surface area contributed by atoms with E-state index in [0.29, 0.717) is 0 Å². The predicted octanol–water partition coefficient (Wildman–Crippen LogP) is 2.26. The minimum Gasteiger partial charge on any atom is -0.325 e. The number of urea groups is 1. The first-order chi connectivity index (χ1) is 9.24. The first-order valence-corrected chi connectivity index (χ1v) is 8.00. The summed E-state index contributed by atoms with van der Waals surface area (Å²) in [6, 6.07) is 0.240. The molecule has 2 fully saturated rings. The average Bonchev–Trinajstić information content (AvgIpc) is 2.94. The highest BCUT2D eigenvalue weighted by atomic mass is 16.2. The van der Waals surface area contributed by atoms with Crippen molar-refractivity contribution in [2.24, 2.45) is 5.92 Å². The van der Waals surface area contributed by atoms with Gasteiger partial charge in [0, 0.05) is 32.7 Å². The van der Waals surface area contributed by atoms with Crippen LogP contribution < -0.4 is 0 Å². The Bertz CT molecular complexity index is 277. The molecule has 0 atom stereocenters. The van der Waals surface area contributed by atoms with Crippen molar-refractivity contribution in [3.8, 4) is 0 Å². The number of carbonyl (C=O) groups excluding carboxylic acids is 1. The molecule has 0 aromatic carbocycles. The molecular weight excluding hydrogens is 238 g/mol. The van der Waals surface area contributed by atoms with Gasteiger partial charge in [0.1, 0.15) is 0 Å². The fraction of sp³-hybridized carbons (Fsp3) is 0.933. The number of piperidine rings is 1. The van der Waals surface area contributed by atoms with E-state index in [1.807, 2.05) is 9.80 Å². The Labute approximate surface area is 117 Å². The maximum atomic E-state index is 12.3. The summed E-state index contributed by atoms with van der Waals surface area (Å²) >= 11 is 0. The number of nitrogens with zero attached hydrogens (tertiary/aromatic N) is 3. The van der Waals surface area contributed by atoms with E-state index in [9.17, 15) is 4.79 Å². The summed E-state index contributed by atoms with van der Waals surface area (Å²) in [4.78, 5) is 18.8. The monoisotopic (exact) mass is 267 g/mol. The summed E-state index contributed by atoms with van der Waals surface area (Å²) in [6.45, 7) is 11.5. The van der Waals surface area contributed by atoms with Crippen molar-refractivity contribution in [2.45, 2.75) is 39.5 Å². The summed E-state index contributed by atoms with van der Waals surface area (Å²) in [6.07, 6.45) is 5.12. The van der Waals surface area contributed by atoms with Gasteiger partial charge in [0.15, 0.2) is 0 Å². The fourth-order valence-corrected chi connectivity index (χ4v) is 3.33. The van der Waals surface area contributed by atoms with Gasteiger partial charge in [-0.05, 0) is 58.5 Å². The molecule has 0 aromatic heterocycles. The molecule has 2 aliphatic heterocycles. The lowest BCUT2D eigenvalue weighted by Gasteiger charge is -2.36. The smallest absolute Gasteiger partial charge is 0.319 e. The van der Waals surface area contributed by atoms with Crippen molar-refractivity contribution in [1.82, 2.24) is 14.7 Å². The Balaban J connectivity index is 1.73. The highest BCUT2D eigenvalue weighted by molar-refractivity contribution is 5.74. The zero-order valence-corrected chi connectivity index (χ0v) is 12.6. The average molecular weight is 267 g/mol. The van der Waals surface area contributed by atoms with Gasteiger partial charge in [0.25, 0.3) is 0 Å². The van der Waals surface area contributed by atoms with E-state index in [1.165, 1.54) is 45.3 Å². The lowest BCUT2D eigenvalue weighted by atomic mass is 9.96. The molecular formula is C15H29N3O. The summed E-state index contributed by atoms with van der Waals surface area (Å²) in [5.74, 6) is 0.804. The molecule has 0 radical (unpaired) electrons. The fourth-order valence-electron chi connectivity index (χ4n) is 3.33. The Morgan fingerprint density at radius 2 is 1.63 bits per heavy atom. The van der Waals surface area contributed by atoms with Gasteiger partial charge in [-0.3, -0.25) is 0 Å². The third kappa shape index (κ3) is 3.85. The van der Waals surface area contributed by atoms with Gasteiger partial charge in [-0.2, -0.15) is 0 Å². The molecule has 4 heteroatoms. The van der Waals surface area contributed by atoms with Crippen LogP contribution in [0.2, 0.25) is 0 Å². The molecule has 0 N–H and O–H groups in total. The molecule has 2 amide bonds. The second-order valence-corrected chi connectivity index (χ2v) is 5.89. The van der Waals surface area contributed by atoms with Crippen LogP contribution in [0.25, 0.3) is 0 Å². The minimum atomic E-state index is 0.240. The van der Waals surface area contributed by atoms with Crippen molar-refractivity contribution in [2.75, 3.05) is 45.8 Å². The molecule has 0 aliphatic carbocycles. The maximum Gasteiger partial charge on any atom is 0.319 e. The Morgan fingerprint density at radius 1 is 1.05 bits per heavy atom. The lowest BCUT2D eigenvalue weighted by Crippen LogP contribution is -2.47. The van der Waals surface area contributed by atoms with Crippen molar-refractivity contribution in [3.05, 3.63) is 0 Å². The largest absolute Gasteiger partial charge is 0.325 e. The number of amides is 2. The van der Waals surface area contributed by atoms with E-state index in [-0.39, 0.29) is 6.03 Å². The van der Waals surface area contributed by atoms with Crippen molar-refractivity contribution < 1.29 is 4.79 Å². The van der Waals surface area contributed by atoms with Gasteiger partial charge in [-0.25, -0.2) is 4.79 Å². The molecule has 0 unspecified atom stereocenters. The molecule has 2 rings (SSSR count). The number of hydrogen-bond donors (Lipinski definition) is 0. The SMILES string of the molecule is CCN(CC)C(=O)N1CCC(CN2CCCC2)CC1. The van der Waals surface area contributed by atoms with Gasteiger partial charge in [-0.15, -0.1) is 0 Å². The van der Waals surface area contributed by atoms with Crippen LogP contribution >= 0.6 is 0 Å². The van der Waals surface area contributed by atoms with Crippen LogP contribution in [0.4, 0.5) is 4.79 Å². The molecule has 2 saturated heterocycles. The topological polar surface area (TPSA) is 26.8 Å². The number of rotatable bonds is 4. The van der Waals surface area contributed by atoms with Crippen LogP contribution in [-0.2, 0) is 0 Å². The van der Waals surface area contributed by atoms with Crippen molar-refractivity contribution in [3.63, 3.8) is 0 Å². The Kier molecular flexibility index (Phi) is 5.49. The van der Waals surface area contributed by atoms with E-state index in [0.717, 1.165) is 32.1 Å². The molecule has 0 bridgehead atoms. The Hall–Kier alpha value is -0.770. The molecule has 2 heterocycles. The maximum absolute atomic E-state index is 12.3. The van der Waals surface area contributed by atoms with E-state index in [1.54, 1.807) is 0 Å². The van der Waals surface area contributed by atoms with E-state index in [4.69, 9.17) is 0 Å². The first-order valence-electron chi connectivity index (χ1n) is 8.00. The summed E-state index contributed by atoms with van der Waals surface area (Å²) in [7, 11) is 0. The Morgan fingerprint density at radius 3 is 2.16 bits per heavy atom. The molecule has 0 aromatic rings. The van der Waals surface area contributed by atoms with Crippen LogP contribution in [0.5, 0.6) is 0 Å². The quantitative estimate of drug-likeness (QED) is 0.781.